The van der Waals surface area contributed by atoms with Gasteiger partial charge >= 0.3 is 6.09 Å². The van der Waals surface area contributed by atoms with Gasteiger partial charge in [-0.15, -0.1) is 0 Å². The number of nitrogens with zero attached hydrogens (tertiary/aromatic N) is 1. The predicted molar refractivity (Wildman–Crippen MR) is 96.0 cm³/mol. The lowest BCUT2D eigenvalue weighted by Crippen LogP contribution is -2.25. The van der Waals surface area contributed by atoms with Crippen molar-refractivity contribution in [1.82, 2.24) is 0 Å². The summed E-state index contributed by atoms with van der Waals surface area (Å²) in [5.74, 6) is -0.237. The number of nitrogens with one attached hydrogen (secondary N) is 1. The van der Waals surface area contributed by atoms with E-state index in [1.165, 1.54) is 12.0 Å². The molecule has 0 aliphatic heterocycles. The molecule has 0 atom stereocenters. The molecule has 0 aliphatic rings. The molecule has 0 spiro atoms. The summed E-state index contributed by atoms with van der Waals surface area (Å²) in [5.41, 5.74) is 1.83. The molecule has 0 aliphatic carbocycles. The zero-order valence-electron chi connectivity index (χ0n) is 13.2. The molecular formula is C17H16Cl2N2O3. The monoisotopic (exact) mass is 366 g/mol. The maximum absolute atomic E-state index is 12.1. The number of carbonyl (C=O) groups excluding carboxylic acids is 2. The van der Waals surface area contributed by atoms with E-state index < -0.39 is 6.09 Å². The van der Waals surface area contributed by atoms with E-state index in [4.69, 9.17) is 23.2 Å². The standard InChI is InChI=1S/C17H16Cl2N2O3/c1-21(17(23)24-2)12-8-6-11(7-9-12)20-16(22)10-13-14(18)4-3-5-15(13)19/h3-9H,10H2,1-2H3,(H,20,22). The average Bonchev–Trinajstić information content (AvgIpc) is 2.57. The second-order valence-corrected chi connectivity index (χ2v) is 5.82. The molecule has 1 N–H and O–H groups in total. The smallest absolute Gasteiger partial charge is 0.413 e. The van der Waals surface area contributed by atoms with Gasteiger partial charge in [-0.2, -0.15) is 0 Å². The molecule has 2 amide bonds. The van der Waals surface area contributed by atoms with Gasteiger partial charge in [0.1, 0.15) is 0 Å². The molecule has 0 saturated heterocycles. The largest absolute Gasteiger partial charge is 0.452 e. The van der Waals surface area contributed by atoms with Crippen molar-refractivity contribution in [3.63, 3.8) is 0 Å². The Hall–Kier alpha value is -2.24. The summed E-state index contributed by atoms with van der Waals surface area (Å²) in [6, 6.07) is 11.9. The molecule has 2 aromatic carbocycles. The molecule has 0 bridgehead atoms. The van der Waals surface area contributed by atoms with Gasteiger partial charge in [-0.1, -0.05) is 29.3 Å². The number of rotatable bonds is 4. The maximum Gasteiger partial charge on any atom is 0.413 e. The first-order chi connectivity index (χ1) is 11.4. The third-order valence-corrected chi connectivity index (χ3v) is 4.09. The van der Waals surface area contributed by atoms with E-state index in [2.05, 4.69) is 10.1 Å². The van der Waals surface area contributed by atoms with Crippen LogP contribution in [0, 0.1) is 0 Å². The van der Waals surface area contributed by atoms with Crippen LogP contribution in [0.3, 0.4) is 0 Å². The first-order valence-electron chi connectivity index (χ1n) is 7.07. The Bertz CT molecular complexity index is 728. The van der Waals surface area contributed by atoms with Crippen molar-refractivity contribution in [2.75, 3.05) is 24.4 Å². The van der Waals surface area contributed by atoms with Gasteiger partial charge in [-0.3, -0.25) is 9.69 Å². The molecule has 0 radical (unpaired) electrons. The van der Waals surface area contributed by atoms with Crippen molar-refractivity contribution < 1.29 is 14.3 Å². The highest BCUT2D eigenvalue weighted by atomic mass is 35.5. The number of hydrogen-bond acceptors (Lipinski definition) is 3. The quantitative estimate of drug-likeness (QED) is 0.873. The minimum atomic E-state index is -0.472. The van der Waals surface area contributed by atoms with Crippen LogP contribution in [0.2, 0.25) is 10.0 Å². The van der Waals surface area contributed by atoms with Crippen LogP contribution in [-0.2, 0) is 16.0 Å². The van der Waals surface area contributed by atoms with Crippen LogP contribution in [0.5, 0.6) is 0 Å². The summed E-state index contributed by atoms with van der Waals surface area (Å²) in [5, 5.41) is 3.67. The normalized spacial score (nSPS) is 10.2. The SMILES string of the molecule is COC(=O)N(C)c1ccc(NC(=O)Cc2c(Cl)cccc2Cl)cc1. The number of ether oxygens (including phenoxy) is 1. The Kier molecular flexibility index (Phi) is 6.06. The molecule has 0 fully saturated rings. The molecule has 0 unspecified atom stereocenters. The lowest BCUT2D eigenvalue weighted by molar-refractivity contribution is -0.115. The molecule has 7 heteroatoms. The van der Waals surface area contributed by atoms with Crippen LogP contribution in [0.1, 0.15) is 5.56 Å². The predicted octanol–water partition coefficient (Wildman–Crippen LogP) is 4.38. The molecule has 2 rings (SSSR count). The van der Waals surface area contributed by atoms with Crippen molar-refractivity contribution in [3.05, 3.63) is 58.1 Å². The Morgan fingerprint density at radius 2 is 1.67 bits per heavy atom. The number of benzene rings is 2. The number of halogens is 2. The third kappa shape index (κ3) is 4.40. The van der Waals surface area contributed by atoms with Crippen molar-refractivity contribution in [3.8, 4) is 0 Å². The number of amides is 2. The summed E-state index contributed by atoms with van der Waals surface area (Å²) in [6.45, 7) is 0. The van der Waals surface area contributed by atoms with Gasteiger partial charge in [0.15, 0.2) is 0 Å². The molecule has 5 nitrogen and oxygen atoms in total. The Morgan fingerprint density at radius 3 is 2.21 bits per heavy atom. The Balaban J connectivity index is 2.03. The highest BCUT2D eigenvalue weighted by Gasteiger charge is 2.12. The fourth-order valence-corrected chi connectivity index (χ4v) is 2.61. The minimum absolute atomic E-state index is 0.0717. The molecular weight excluding hydrogens is 351 g/mol. The van der Waals surface area contributed by atoms with Crippen molar-refractivity contribution >= 4 is 46.6 Å². The fourth-order valence-electron chi connectivity index (χ4n) is 2.08. The lowest BCUT2D eigenvalue weighted by Gasteiger charge is -2.16. The lowest BCUT2D eigenvalue weighted by atomic mass is 10.1. The number of methoxy groups -OCH3 is 1. The number of carbonyl (C=O) groups is 2. The maximum atomic E-state index is 12.1. The highest BCUT2D eigenvalue weighted by Crippen LogP contribution is 2.25. The first kappa shape index (κ1) is 18.1. The van der Waals surface area contributed by atoms with E-state index in [0.717, 1.165) is 0 Å². The Labute approximate surface area is 150 Å². The summed E-state index contributed by atoms with van der Waals surface area (Å²) in [7, 11) is 2.91. The number of hydrogen-bond donors (Lipinski definition) is 1. The third-order valence-electron chi connectivity index (χ3n) is 3.39. The molecule has 0 aromatic heterocycles. The van der Waals surface area contributed by atoms with Crippen LogP contribution in [0.25, 0.3) is 0 Å². The van der Waals surface area contributed by atoms with E-state index in [0.29, 0.717) is 27.0 Å². The molecule has 126 valence electrons. The Morgan fingerprint density at radius 1 is 1.08 bits per heavy atom. The van der Waals surface area contributed by atoms with Gasteiger partial charge in [0, 0.05) is 28.5 Å². The zero-order chi connectivity index (χ0) is 17.7. The zero-order valence-corrected chi connectivity index (χ0v) is 14.7. The van der Waals surface area contributed by atoms with E-state index in [9.17, 15) is 9.59 Å². The molecule has 24 heavy (non-hydrogen) atoms. The summed E-state index contributed by atoms with van der Waals surface area (Å²) < 4.78 is 4.64. The van der Waals surface area contributed by atoms with Gasteiger partial charge in [0.25, 0.3) is 0 Å². The van der Waals surface area contributed by atoms with Crippen molar-refractivity contribution in [2.45, 2.75) is 6.42 Å². The van der Waals surface area contributed by atoms with Crippen molar-refractivity contribution in [2.24, 2.45) is 0 Å². The summed E-state index contributed by atoms with van der Waals surface area (Å²) in [4.78, 5) is 25.0. The van der Waals surface area contributed by atoms with Crippen LogP contribution < -0.4 is 10.2 Å². The van der Waals surface area contributed by atoms with Crippen molar-refractivity contribution in [1.29, 1.82) is 0 Å². The van der Waals surface area contributed by atoms with Gasteiger partial charge in [0.2, 0.25) is 5.91 Å². The average molecular weight is 367 g/mol. The van der Waals surface area contributed by atoms with Crippen LogP contribution >= 0.6 is 23.2 Å². The number of anilines is 2. The van der Waals surface area contributed by atoms with Gasteiger partial charge in [-0.05, 0) is 42.0 Å². The summed E-state index contributed by atoms with van der Waals surface area (Å²) in [6.07, 6.45) is -0.400. The topological polar surface area (TPSA) is 58.6 Å². The summed E-state index contributed by atoms with van der Waals surface area (Å²) >= 11 is 12.1. The van der Waals surface area contributed by atoms with Gasteiger partial charge < -0.3 is 10.1 Å². The van der Waals surface area contributed by atoms with Crippen LogP contribution in [0.15, 0.2) is 42.5 Å². The minimum Gasteiger partial charge on any atom is -0.452 e. The molecule has 0 heterocycles. The molecule has 0 saturated carbocycles. The van der Waals surface area contributed by atoms with E-state index in [1.54, 1.807) is 49.5 Å². The van der Waals surface area contributed by atoms with E-state index in [1.807, 2.05) is 0 Å². The van der Waals surface area contributed by atoms with Crippen LogP contribution in [-0.4, -0.2) is 26.2 Å². The van der Waals surface area contributed by atoms with Crippen LogP contribution in [0.4, 0.5) is 16.2 Å². The fraction of sp³-hybridized carbons (Fsp3) is 0.176. The molecule has 2 aromatic rings. The van der Waals surface area contributed by atoms with Gasteiger partial charge in [0.05, 0.1) is 13.5 Å². The second kappa shape index (κ2) is 8.04. The van der Waals surface area contributed by atoms with E-state index in [-0.39, 0.29) is 12.3 Å². The second-order valence-electron chi connectivity index (χ2n) is 5.00. The highest BCUT2D eigenvalue weighted by molar-refractivity contribution is 6.36. The van der Waals surface area contributed by atoms with Gasteiger partial charge in [-0.25, -0.2) is 4.79 Å². The first-order valence-corrected chi connectivity index (χ1v) is 7.82. The van der Waals surface area contributed by atoms with E-state index >= 15 is 0 Å².